The van der Waals surface area contributed by atoms with Crippen LogP contribution in [0.25, 0.3) is 0 Å². The maximum Gasteiger partial charge on any atom is 0.122 e. The predicted molar refractivity (Wildman–Crippen MR) is 86.2 cm³/mol. The number of hydrogen-bond donors (Lipinski definition) is 1. The molecule has 1 atom stereocenters. The molecule has 3 nitrogen and oxygen atoms in total. The van der Waals surface area contributed by atoms with Gasteiger partial charge in [0, 0.05) is 15.0 Å². The van der Waals surface area contributed by atoms with Crippen LogP contribution in [-0.2, 0) is 0 Å². The van der Waals surface area contributed by atoms with Gasteiger partial charge in [0.15, 0.2) is 0 Å². The van der Waals surface area contributed by atoms with Gasteiger partial charge in [-0.3, -0.25) is 4.68 Å². The number of nitrogens with zero attached hydrogens (tertiary/aromatic N) is 2. The van der Waals surface area contributed by atoms with Crippen LogP contribution in [-0.4, -0.2) is 14.9 Å². The van der Waals surface area contributed by atoms with Gasteiger partial charge in [-0.25, -0.2) is 0 Å². The monoisotopic (exact) mass is 450 g/mol. The van der Waals surface area contributed by atoms with Gasteiger partial charge in [-0.05, 0) is 79.3 Å². The summed E-state index contributed by atoms with van der Waals surface area (Å²) in [5, 5.41) is 14.9. The average Bonchev–Trinajstić information content (AvgIpc) is 2.74. The molecular weight excluding hydrogens is 440 g/mol. The van der Waals surface area contributed by atoms with Crippen molar-refractivity contribution in [3.63, 3.8) is 0 Å². The summed E-state index contributed by atoms with van der Waals surface area (Å²) < 4.78 is 4.51. The highest BCUT2D eigenvalue weighted by Gasteiger charge is 2.21. The first-order chi connectivity index (χ1) is 8.91. The van der Waals surface area contributed by atoms with Crippen LogP contribution in [0.3, 0.4) is 0 Å². The van der Waals surface area contributed by atoms with Crippen LogP contribution in [0, 0.1) is 0 Å². The van der Waals surface area contributed by atoms with E-state index in [0.29, 0.717) is 0 Å². The molecule has 1 aromatic carbocycles. The summed E-state index contributed by atoms with van der Waals surface area (Å²) in [5.41, 5.74) is 1.59. The molecule has 1 N–H and O–H groups in total. The summed E-state index contributed by atoms with van der Waals surface area (Å²) in [6.07, 6.45) is 0.996. The highest BCUT2D eigenvalue weighted by Crippen LogP contribution is 2.33. The summed E-state index contributed by atoms with van der Waals surface area (Å²) in [6.45, 7) is 4.07. The molecule has 1 unspecified atom stereocenters. The van der Waals surface area contributed by atoms with Crippen molar-refractivity contribution in [3.8, 4) is 0 Å². The first-order valence-corrected chi connectivity index (χ1v) is 8.15. The molecule has 0 aliphatic carbocycles. The molecule has 0 radical (unpaired) electrons. The van der Waals surface area contributed by atoms with E-state index in [0.717, 1.165) is 24.7 Å². The molecule has 1 heterocycles. The lowest BCUT2D eigenvalue weighted by atomic mass is 10.1. The molecule has 1 aromatic heterocycles. The fourth-order valence-electron chi connectivity index (χ4n) is 1.86. The molecule has 0 saturated heterocycles. The van der Waals surface area contributed by atoms with E-state index in [9.17, 15) is 5.11 Å². The minimum atomic E-state index is -0.719. The molecule has 2 rings (SSSR count). The summed E-state index contributed by atoms with van der Waals surface area (Å²) in [4.78, 5) is 0. The molecule has 0 amide bonds. The Morgan fingerprint density at radius 3 is 2.37 bits per heavy atom. The van der Waals surface area contributed by atoms with Crippen LogP contribution in [0.15, 0.2) is 37.8 Å². The smallest absolute Gasteiger partial charge is 0.122 e. The number of aliphatic hydroxyl groups is 1. The Bertz CT molecular complexity index is 596. The van der Waals surface area contributed by atoms with Gasteiger partial charge in [-0.1, -0.05) is 6.07 Å². The Labute approximate surface area is 137 Å². The summed E-state index contributed by atoms with van der Waals surface area (Å²) >= 11 is 10.3. The second-order valence-corrected chi connectivity index (χ2v) is 7.06. The summed E-state index contributed by atoms with van der Waals surface area (Å²) in [7, 11) is 0. The standard InChI is InChI=1S/C13H13Br3N2O/c1-7(2)18-12(11(16)6-17-18)13(19)8-3-4-9(14)10(15)5-8/h3-7,13,19H,1-2H3. The lowest BCUT2D eigenvalue weighted by molar-refractivity contribution is 0.204. The Balaban J connectivity index is 2.46. The minimum Gasteiger partial charge on any atom is -0.382 e. The number of halogens is 3. The van der Waals surface area contributed by atoms with Crippen LogP contribution in [0.1, 0.15) is 37.3 Å². The number of hydrogen-bond acceptors (Lipinski definition) is 2. The van der Waals surface area contributed by atoms with Crippen LogP contribution >= 0.6 is 47.8 Å². The fraction of sp³-hybridized carbons (Fsp3) is 0.308. The van der Waals surface area contributed by atoms with Crippen LogP contribution in [0.5, 0.6) is 0 Å². The Hall–Kier alpha value is -0.170. The third-order valence-corrected chi connectivity index (χ3v) is 5.29. The molecule has 0 bridgehead atoms. The molecule has 6 heteroatoms. The van der Waals surface area contributed by atoms with Crippen molar-refractivity contribution in [1.82, 2.24) is 9.78 Å². The van der Waals surface area contributed by atoms with Gasteiger partial charge in [-0.2, -0.15) is 5.10 Å². The van der Waals surface area contributed by atoms with Crippen molar-refractivity contribution in [2.75, 3.05) is 0 Å². The third-order valence-electron chi connectivity index (χ3n) is 2.79. The van der Waals surface area contributed by atoms with Gasteiger partial charge in [-0.15, -0.1) is 0 Å². The Kier molecular flexibility index (Phi) is 4.87. The van der Waals surface area contributed by atoms with Gasteiger partial charge < -0.3 is 5.11 Å². The normalized spacial score (nSPS) is 13.0. The van der Waals surface area contributed by atoms with Crippen LogP contribution < -0.4 is 0 Å². The first kappa shape index (κ1) is 15.2. The zero-order chi connectivity index (χ0) is 14.2. The van der Waals surface area contributed by atoms with Gasteiger partial charge in [0.2, 0.25) is 0 Å². The minimum absolute atomic E-state index is 0.190. The Morgan fingerprint density at radius 1 is 1.11 bits per heavy atom. The zero-order valence-corrected chi connectivity index (χ0v) is 15.2. The molecule has 102 valence electrons. The quantitative estimate of drug-likeness (QED) is 0.724. The van der Waals surface area contributed by atoms with E-state index >= 15 is 0 Å². The van der Waals surface area contributed by atoms with Gasteiger partial charge in [0.1, 0.15) is 6.10 Å². The van der Waals surface area contributed by atoms with E-state index in [-0.39, 0.29) is 6.04 Å². The van der Waals surface area contributed by atoms with E-state index in [4.69, 9.17) is 0 Å². The maximum absolute atomic E-state index is 10.6. The molecule has 0 fully saturated rings. The van der Waals surface area contributed by atoms with Crippen molar-refractivity contribution in [2.45, 2.75) is 26.0 Å². The fourth-order valence-corrected chi connectivity index (χ4v) is 2.99. The van der Waals surface area contributed by atoms with Crippen LogP contribution in [0.4, 0.5) is 0 Å². The number of aromatic nitrogens is 2. The lowest BCUT2D eigenvalue weighted by Gasteiger charge is -2.17. The van der Waals surface area contributed by atoms with E-state index in [1.165, 1.54) is 0 Å². The van der Waals surface area contributed by atoms with E-state index < -0.39 is 6.10 Å². The van der Waals surface area contributed by atoms with Crippen LogP contribution in [0.2, 0.25) is 0 Å². The molecule has 0 saturated carbocycles. The first-order valence-electron chi connectivity index (χ1n) is 5.77. The second kappa shape index (κ2) is 6.08. The van der Waals surface area contributed by atoms with Crippen molar-refractivity contribution in [1.29, 1.82) is 0 Å². The van der Waals surface area contributed by atoms with Gasteiger partial charge in [0.05, 0.1) is 16.4 Å². The SMILES string of the molecule is CC(C)n1ncc(Br)c1C(O)c1ccc(Br)c(Br)c1. The maximum atomic E-state index is 10.6. The molecule has 0 aliphatic heterocycles. The second-order valence-electron chi connectivity index (χ2n) is 4.49. The largest absolute Gasteiger partial charge is 0.382 e. The molecule has 0 aliphatic rings. The van der Waals surface area contributed by atoms with Crippen molar-refractivity contribution in [2.24, 2.45) is 0 Å². The van der Waals surface area contributed by atoms with Gasteiger partial charge in [0.25, 0.3) is 0 Å². The lowest BCUT2D eigenvalue weighted by Crippen LogP contribution is -2.12. The number of aliphatic hydroxyl groups excluding tert-OH is 1. The molecule has 0 spiro atoms. The molecule has 2 aromatic rings. The highest BCUT2D eigenvalue weighted by atomic mass is 79.9. The Morgan fingerprint density at radius 2 is 1.79 bits per heavy atom. The molecular formula is C13H13Br3N2O. The summed E-state index contributed by atoms with van der Waals surface area (Å²) in [6, 6.07) is 5.89. The van der Waals surface area contributed by atoms with Crippen molar-refractivity contribution >= 4 is 47.8 Å². The number of benzene rings is 1. The van der Waals surface area contributed by atoms with Crippen molar-refractivity contribution < 1.29 is 5.11 Å². The van der Waals surface area contributed by atoms with Crippen molar-refractivity contribution in [3.05, 3.63) is 49.1 Å². The predicted octanol–water partition coefficient (Wildman–Crippen LogP) is 4.83. The molecule has 19 heavy (non-hydrogen) atoms. The number of rotatable bonds is 3. The van der Waals surface area contributed by atoms with E-state index in [2.05, 4.69) is 52.9 Å². The zero-order valence-electron chi connectivity index (χ0n) is 10.4. The third kappa shape index (κ3) is 3.12. The summed E-state index contributed by atoms with van der Waals surface area (Å²) in [5.74, 6) is 0. The van der Waals surface area contributed by atoms with E-state index in [1.807, 2.05) is 36.7 Å². The average molecular weight is 453 g/mol. The highest BCUT2D eigenvalue weighted by molar-refractivity contribution is 9.13. The van der Waals surface area contributed by atoms with Gasteiger partial charge >= 0.3 is 0 Å². The topological polar surface area (TPSA) is 38.0 Å². The van der Waals surface area contributed by atoms with E-state index in [1.54, 1.807) is 6.20 Å².